The van der Waals surface area contributed by atoms with Crippen molar-refractivity contribution in [3.05, 3.63) is 21.7 Å². The zero-order valence-corrected chi connectivity index (χ0v) is 8.42. The van der Waals surface area contributed by atoms with E-state index in [-0.39, 0.29) is 11.7 Å². The lowest BCUT2D eigenvalue weighted by atomic mass is 10.4. The van der Waals surface area contributed by atoms with Gasteiger partial charge >= 0.3 is 0 Å². The summed E-state index contributed by atoms with van der Waals surface area (Å²) in [6.45, 7) is 1.31. The molecule has 12 heavy (non-hydrogen) atoms. The van der Waals surface area contributed by atoms with Gasteiger partial charge in [-0.15, -0.1) is 0 Å². The fourth-order valence-corrected chi connectivity index (χ4v) is 1.09. The third-order valence-corrected chi connectivity index (χ3v) is 1.97. The highest BCUT2D eigenvalue weighted by atomic mass is 127. The number of hydrogen-bond donors (Lipinski definition) is 1. The van der Waals surface area contributed by atoms with Crippen LogP contribution in [0.25, 0.3) is 0 Å². The first-order valence-electron chi connectivity index (χ1n) is 3.19. The maximum atomic E-state index is 13.1. The van der Waals surface area contributed by atoms with E-state index in [4.69, 9.17) is 0 Å². The molecule has 1 heterocycles. The summed E-state index contributed by atoms with van der Waals surface area (Å²) < 4.78 is 13.5. The molecule has 0 aromatic carbocycles. The molecule has 5 heteroatoms. The second-order valence-corrected chi connectivity index (χ2v) is 3.30. The van der Waals surface area contributed by atoms with Gasteiger partial charge in [0.05, 0.1) is 3.57 Å². The summed E-state index contributed by atoms with van der Waals surface area (Å²) in [6, 6.07) is 1.53. The first kappa shape index (κ1) is 9.37. The van der Waals surface area contributed by atoms with Gasteiger partial charge in [-0.25, -0.2) is 9.37 Å². The number of carbonyl (C=O) groups excluding carboxylic acids is 1. The van der Waals surface area contributed by atoms with Crippen LogP contribution in [0.2, 0.25) is 0 Å². The van der Waals surface area contributed by atoms with Gasteiger partial charge in [0.1, 0.15) is 0 Å². The Hall–Kier alpha value is -0.720. The van der Waals surface area contributed by atoms with Gasteiger partial charge < -0.3 is 5.32 Å². The number of halogens is 2. The molecular weight excluding hydrogens is 274 g/mol. The van der Waals surface area contributed by atoms with Crippen LogP contribution in [0.4, 0.5) is 10.2 Å². The molecule has 64 valence electrons. The first-order chi connectivity index (χ1) is 5.61. The van der Waals surface area contributed by atoms with Gasteiger partial charge in [0, 0.05) is 13.1 Å². The molecule has 0 aliphatic carbocycles. The van der Waals surface area contributed by atoms with Crippen molar-refractivity contribution in [2.24, 2.45) is 0 Å². The number of rotatable bonds is 1. The molecule has 0 saturated carbocycles. The number of carbonyl (C=O) groups is 1. The lowest BCUT2D eigenvalue weighted by molar-refractivity contribution is -0.114. The maximum absolute atomic E-state index is 13.1. The molecule has 0 aliphatic rings. The number of nitrogens with zero attached hydrogens (tertiary/aromatic N) is 1. The highest BCUT2D eigenvalue weighted by molar-refractivity contribution is 14.1. The fraction of sp³-hybridized carbons (Fsp3) is 0.143. The van der Waals surface area contributed by atoms with E-state index in [1.54, 1.807) is 0 Å². The smallest absolute Gasteiger partial charge is 0.222 e. The average molecular weight is 280 g/mol. The molecule has 0 aliphatic heterocycles. The molecule has 1 aromatic rings. The molecular formula is C7H6FIN2O. The zero-order valence-electron chi connectivity index (χ0n) is 6.27. The SMILES string of the molecule is CC(=O)Nc1nccc(I)c1F. The lowest BCUT2D eigenvalue weighted by Crippen LogP contribution is -2.09. The Labute approximate surface area is 82.5 Å². The van der Waals surface area contributed by atoms with Crippen LogP contribution >= 0.6 is 22.6 Å². The second-order valence-electron chi connectivity index (χ2n) is 2.14. The molecule has 0 spiro atoms. The third-order valence-electron chi connectivity index (χ3n) is 1.14. The molecule has 1 amide bonds. The van der Waals surface area contributed by atoms with E-state index < -0.39 is 5.82 Å². The van der Waals surface area contributed by atoms with Crippen LogP contribution in [0.5, 0.6) is 0 Å². The van der Waals surface area contributed by atoms with E-state index in [0.29, 0.717) is 3.57 Å². The largest absolute Gasteiger partial charge is 0.308 e. The van der Waals surface area contributed by atoms with Gasteiger partial charge in [-0.05, 0) is 28.7 Å². The topological polar surface area (TPSA) is 42.0 Å². The maximum Gasteiger partial charge on any atom is 0.222 e. The Morgan fingerprint density at radius 1 is 1.75 bits per heavy atom. The minimum Gasteiger partial charge on any atom is -0.308 e. The standard InChI is InChI=1S/C7H6FIN2O/c1-4(12)11-7-6(8)5(9)2-3-10-7/h2-3H,1H3,(H,10,11,12). The van der Waals surface area contributed by atoms with Gasteiger partial charge in [0.25, 0.3) is 0 Å². The van der Waals surface area contributed by atoms with Crippen LogP contribution in [-0.4, -0.2) is 10.9 Å². The molecule has 1 rings (SSSR count). The summed E-state index contributed by atoms with van der Waals surface area (Å²) in [6.07, 6.45) is 1.44. The van der Waals surface area contributed by atoms with Crippen molar-refractivity contribution in [1.82, 2.24) is 4.98 Å². The normalized spacial score (nSPS) is 9.58. The quantitative estimate of drug-likeness (QED) is 0.797. The van der Waals surface area contributed by atoms with Crippen molar-refractivity contribution in [3.8, 4) is 0 Å². The van der Waals surface area contributed by atoms with Crippen molar-refractivity contribution < 1.29 is 9.18 Å². The predicted molar refractivity (Wildman–Crippen MR) is 51.2 cm³/mol. The summed E-state index contributed by atoms with van der Waals surface area (Å²) in [5.74, 6) is -0.842. The highest BCUT2D eigenvalue weighted by Crippen LogP contribution is 2.16. The van der Waals surface area contributed by atoms with E-state index in [2.05, 4.69) is 10.3 Å². The van der Waals surface area contributed by atoms with E-state index >= 15 is 0 Å². The molecule has 3 nitrogen and oxygen atoms in total. The Kier molecular flexibility index (Phi) is 2.96. The van der Waals surface area contributed by atoms with Crippen molar-refractivity contribution in [3.63, 3.8) is 0 Å². The minimum atomic E-state index is -0.492. The van der Waals surface area contributed by atoms with Gasteiger partial charge in [0.15, 0.2) is 11.6 Å². The summed E-state index contributed by atoms with van der Waals surface area (Å²) in [7, 11) is 0. The molecule has 0 atom stereocenters. The molecule has 1 N–H and O–H groups in total. The molecule has 0 unspecified atom stereocenters. The van der Waals surface area contributed by atoms with E-state index in [1.807, 2.05) is 22.6 Å². The number of anilines is 1. The number of hydrogen-bond acceptors (Lipinski definition) is 2. The number of nitrogens with one attached hydrogen (secondary N) is 1. The summed E-state index contributed by atoms with van der Waals surface area (Å²) in [5, 5.41) is 2.28. The molecule has 0 saturated heterocycles. The first-order valence-corrected chi connectivity index (χ1v) is 4.26. The summed E-state index contributed by atoms with van der Waals surface area (Å²) in [5.41, 5.74) is 0. The van der Waals surface area contributed by atoms with Gasteiger partial charge in [-0.1, -0.05) is 0 Å². The van der Waals surface area contributed by atoms with Crippen LogP contribution in [0, 0.1) is 9.39 Å². The van der Waals surface area contributed by atoms with Crippen molar-refractivity contribution >= 4 is 34.3 Å². The summed E-state index contributed by atoms with van der Waals surface area (Å²) >= 11 is 1.83. The minimum absolute atomic E-state index is 0.0191. The van der Waals surface area contributed by atoms with Crippen molar-refractivity contribution in [2.75, 3.05) is 5.32 Å². The van der Waals surface area contributed by atoms with E-state index in [0.717, 1.165) is 0 Å². The van der Waals surface area contributed by atoms with Crippen LogP contribution in [0.1, 0.15) is 6.92 Å². The number of amides is 1. The molecule has 1 aromatic heterocycles. The summed E-state index contributed by atoms with van der Waals surface area (Å²) in [4.78, 5) is 14.2. The lowest BCUT2D eigenvalue weighted by Gasteiger charge is -2.02. The predicted octanol–water partition coefficient (Wildman–Crippen LogP) is 1.78. The van der Waals surface area contributed by atoms with Crippen LogP contribution in [0.3, 0.4) is 0 Å². The molecule has 0 bridgehead atoms. The monoisotopic (exact) mass is 280 g/mol. The molecule has 0 radical (unpaired) electrons. The number of pyridine rings is 1. The Morgan fingerprint density at radius 2 is 2.42 bits per heavy atom. The third kappa shape index (κ3) is 2.13. The average Bonchev–Trinajstić information content (AvgIpc) is 1.98. The highest BCUT2D eigenvalue weighted by Gasteiger charge is 2.07. The van der Waals surface area contributed by atoms with Gasteiger partial charge in [-0.2, -0.15) is 0 Å². The van der Waals surface area contributed by atoms with E-state index in [9.17, 15) is 9.18 Å². The number of aromatic nitrogens is 1. The fourth-order valence-electron chi connectivity index (χ4n) is 0.674. The van der Waals surface area contributed by atoms with Gasteiger partial charge in [-0.3, -0.25) is 4.79 Å². The van der Waals surface area contributed by atoms with Crippen molar-refractivity contribution in [1.29, 1.82) is 0 Å². The van der Waals surface area contributed by atoms with Crippen LogP contribution < -0.4 is 5.32 Å². The Morgan fingerprint density at radius 3 is 3.00 bits per heavy atom. The van der Waals surface area contributed by atoms with Gasteiger partial charge in [0.2, 0.25) is 5.91 Å². The van der Waals surface area contributed by atoms with E-state index in [1.165, 1.54) is 19.2 Å². The van der Waals surface area contributed by atoms with Crippen LogP contribution in [-0.2, 0) is 4.79 Å². The molecule has 0 fully saturated rings. The zero-order chi connectivity index (χ0) is 9.14. The Balaban J connectivity index is 3.00. The van der Waals surface area contributed by atoms with Crippen molar-refractivity contribution in [2.45, 2.75) is 6.92 Å². The van der Waals surface area contributed by atoms with Crippen LogP contribution in [0.15, 0.2) is 12.3 Å². The Bertz CT molecular complexity index is 316. The second kappa shape index (κ2) is 3.79.